The van der Waals surface area contributed by atoms with Gasteiger partial charge in [-0.25, -0.2) is 4.79 Å². The molecule has 0 aliphatic rings. The molecule has 7 nitrogen and oxygen atoms in total. The van der Waals surface area contributed by atoms with Crippen LogP contribution < -0.4 is 11.1 Å². The second kappa shape index (κ2) is 8.23. The predicted molar refractivity (Wildman–Crippen MR) is 72.1 cm³/mol. The largest absolute Gasteiger partial charge is 0.478 e. The molecule has 7 heteroatoms. The number of carboxylic acids is 1. The first-order valence-electron chi connectivity index (χ1n) is 6.25. The number of carbonyl (C=O) groups is 2. The molecule has 0 bridgehead atoms. The standard InChI is InChI=1S/C13H19N3O4/c1-20-6-2-3-11(14)12(17)16-8-10-7-9(13(18)19)4-5-15-10/h4-5,7,11H,2-3,6,8,14H2,1H3,(H,16,17)(H,18,19). The fourth-order valence-electron chi connectivity index (χ4n) is 1.60. The molecule has 110 valence electrons. The van der Waals surface area contributed by atoms with Crippen molar-refractivity contribution >= 4 is 11.9 Å². The van der Waals surface area contributed by atoms with Crippen molar-refractivity contribution in [2.45, 2.75) is 25.4 Å². The quantitative estimate of drug-likeness (QED) is 0.584. The first-order valence-corrected chi connectivity index (χ1v) is 6.25. The third-order valence-corrected chi connectivity index (χ3v) is 2.71. The molecule has 0 fully saturated rings. The molecule has 0 saturated heterocycles. The number of amides is 1. The molecule has 0 saturated carbocycles. The number of pyridine rings is 1. The lowest BCUT2D eigenvalue weighted by Gasteiger charge is -2.11. The molecule has 0 radical (unpaired) electrons. The van der Waals surface area contributed by atoms with Gasteiger partial charge in [0, 0.05) is 19.9 Å². The predicted octanol–water partition coefficient (Wildman–Crippen LogP) is 0.150. The van der Waals surface area contributed by atoms with E-state index in [0.29, 0.717) is 25.1 Å². The zero-order valence-electron chi connectivity index (χ0n) is 11.3. The van der Waals surface area contributed by atoms with E-state index < -0.39 is 12.0 Å². The van der Waals surface area contributed by atoms with E-state index >= 15 is 0 Å². The van der Waals surface area contributed by atoms with Crippen molar-refractivity contribution in [3.8, 4) is 0 Å². The van der Waals surface area contributed by atoms with Crippen molar-refractivity contribution in [2.75, 3.05) is 13.7 Å². The minimum absolute atomic E-state index is 0.133. The van der Waals surface area contributed by atoms with Crippen LogP contribution in [0.1, 0.15) is 28.9 Å². The Bertz CT molecular complexity index is 465. The number of aromatic nitrogens is 1. The second-order valence-electron chi connectivity index (χ2n) is 4.30. The maximum Gasteiger partial charge on any atom is 0.335 e. The summed E-state index contributed by atoms with van der Waals surface area (Å²) >= 11 is 0. The Kier molecular flexibility index (Phi) is 6.61. The summed E-state index contributed by atoms with van der Waals surface area (Å²) < 4.78 is 4.88. The van der Waals surface area contributed by atoms with Crippen LogP contribution >= 0.6 is 0 Å². The van der Waals surface area contributed by atoms with Gasteiger partial charge in [0.05, 0.1) is 23.8 Å². The number of methoxy groups -OCH3 is 1. The number of carbonyl (C=O) groups excluding carboxylic acids is 1. The summed E-state index contributed by atoms with van der Waals surface area (Å²) in [6, 6.07) is 2.20. The Morgan fingerprint density at radius 2 is 2.30 bits per heavy atom. The molecular weight excluding hydrogens is 262 g/mol. The third-order valence-electron chi connectivity index (χ3n) is 2.71. The molecule has 20 heavy (non-hydrogen) atoms. The van der Waals surface area contributed by atoms with Crippen molar-refractivity contribution in [1.29, 1.82) is 0 Å². The molecule has 4 N–H and O–H groups in total. The fourth-order valence-corrected chi connectivity index (χ4v) is 1.60. The van der Waals surface area contributed by atoms with E-state index in [4.69, 9.17) is 15.6 Å². The third kappa shape index (κ3) is 5.33. The van der Waals surface area contributed by atoms with Crippen LogP contribution in [0.15, 0.2) is 18.3 Å². The normalized spacial score (nSPS) is 11.9. The molecule has 0 aromatic carbocycles. The van der Waals surface area contributed by atoms with Gasteiger partial charge in [0.25, 0.3) is 0 Å². The van der Waals surface area contributed by atoms with Gasteiger partial charge in [-0.3, -0.25) is 9.78 Å². The van der Waals surface area contributed by atoms with Crippen LogP contribution in [0.2, 0.25) is 0 Å². The first kappa shape index (κ1) is 16.1. The molecule has 1 amide bonds. The molecule has 0 aliphatic heterocycles. The number of hydrogen-bond donors (Lipinski definition) is 3. The van der Waals surface area contributed by atoms with Gasteiger partial charge in [0.15, 0.2) is 0 Å². The van der Waals surface area contributed by atoms with Gasteiger partial charge < -0.3 is 20.9 Å². The number of aromatic carboxylic acids is 1. The van der Waals surface area contributed by atoms with Crippen LogP contribution in [0.4, 0.5) is 0 Å². The van der Waals surface area contributed by atoms with E-state index in [2.05, 4.69) is 10.3 Å². The van der Waals surface area contributed by atoms with Gasteiger partial charge in [0.1, 0.15) is 0 Å². The Morgan fingerprint density at radius 3 is 2.95 bits per heavy atom. The molecule has 1 unspecified atom stereocenters. The van der Waals surface area contributed by atoms with E-state index in [9.17, 15) is 9.59 Å². The second-order valence-corrected chi connectivity index (χ2v) is 4.30. The molecule has 0 aliphatic carbocycles. The summed E-state index contributed by atoms with van der Waals surface area (Å²) in [5.74, 6) is -1.32. The van der Waals surface area contributed by atoms with Crippen LogP contribution in [0, 0.1) is 0 Å². The summed E-state index contributed by atoms with van der Waals surface area (Å²) in [6.07, 6.45) is 2.63. The number of carboxylic acid groups (broad SMARTS) is 1. The van der Waals surface area contributed by atoms with Gasteiger partial charge in [0.2, 0.25) is 5.91 Å². The minimum Gasteiger partial charge on any atom is -0.478 e. The zero-order valence-corrected chi connectivity index (χ0v) is 11.3. The Hall–Kier alpha value is -1.99. The van der Waals surface area contributed by atoms with Crippen LogP contribution in [-0.2, 0) is 16.1 Å². The number of ether oxygens (including phenoxy) is 1. The van der Waals surface area contributed by atoms with Crippen LogP contribution in [-0.4, -0.2) is 41.7 Å². The average molecular weight is 281 g/mol. The highest BCUT2D eigenvalue weighted by molar-refractivity contribution is 5.87. The van der Waals surface area contributed by atoms with Crippen molar-refractivity contribution in [1.82, 2.24) is 10.3 Å². The van der Waals surface area contributed by atoms with Crippen LogP contribution in [0.3, 0.4) is 0 Å². The van der Waals surface area contributed by atoms with Gasteiger partial charge in [-0.2, -0.15) is 0 Å². The Balaban J connectivity index is 2.44. The molecule has 1 rings (SSSR count). The summed E-state index contributed by atoms with van der Waals surface area (Å²) in [6.45, 7) is 0.709. The van der Waals surface area contributed by atoms with Gasteiger partial charge in [-0.15, -0.1) is 0 Å². The van der Waals surface area contributed by atoms with Crippen molar-refractivity contribution < 1.29 is 19.4 Å². The van der Waals surface area contributed by atoms with Crippen molar-refractivity contribution in [2.24, 2.45) is 5.73 Å². The molecule has 0 spiro atoms. The summed E-state index contributed by atoms with van der Waals surface area (Å²) in [5.41, 5.74) is 6.33. The number of rotatable bonds is 8. The van der Waals surface area contributed by atoms with E-state index in [0.717, 1.165) is 0 Å². The first-order chi connectivity index (χ1) is 9.54. The van der Waals surface area contributed by atoms with E-state index in [-0.39, 0.29) is 18.0 Å². The molecule has 1 atom stereocenters. The van der Waals surface area contributed by atoms with Gasteiger partial charge in [-0.05, 0) is 25.0 Å². The Morgan fingerprint density at radius 1 is 1.55 bits per heavy atom. The van der Waals surface area contributed by atoms with E-state index in [1.54, 1.807) is 7.11 Å². The lowest BCUT2D eigenvalue weighted by atomic mass is 10.1. The summed E-state index contributed by atoms with van der Waals surface area (Å²) in [5, 5.41) is 11.5. The number of hydrogen-bond acceptors (Lipinski definition) is 5. The van der Waals surface area contributed by atoms with Crippen LogP contribution in [0.25, 0.3) is 0 Å². The summed E-state index contributed by atoms with van der Waals surface area (Å²) in [4.78, 5) is 26.5. The maximum absolute atomic E-state index is 11.7. The number of nitrogens with two attached hydrogens (primary N) is 1. The van der Waals surface area contributed by atoms with Gasteiger partial charge in [-0.1, -0.05) is 0 Å². The zero-order chi connectivity index (χ0) is 15.0. The average Bonchev–Trinajstić information content (AvgIpc) is 2.45. The SMILES string of the molecule is COCCCC(N)C(=O)NCc1cc(C(=O)O)ccn1. The maximum atomic E-state index is 11.7. The van der Waals surface area contributed by atoms with E-state index in [1.165, 1.54) is 18.3 Å². The summed E-state index contributed by atoms with van der Waals surface area (Å²) in [7, 11) is 1.59. The smallest absolute Gasteiger partial charge is 0.335 e. The highest BCUT2D eigenvalue weighted by atomic mass is 16.5. The lowest BCUT2D eigenvalue weighted by molar-refractivity contribution is -0.122. The molecular formula is C13H19N3O4. The van der Waals surface area contributed by atoms with E-state index in [1.807, 2.05) is 0 Å². The highest BCUT2D eigenvalue weighted by Crippen LogP contribution is 2.02. The van der Waals surface area contributed by atoms with Gasteiger partial charge >= 0.3 is 5.97 Å². The highest BCUT2D eigenvalue weighted by Gasteiger charge is 2.13. The fraction of sp³-hybridized carbons (Fsp3) is 0.462. The minimum atomic E-state index is -1.03. The van der Waals surface area contributed by atoms with Crippen molar-refractivity contribution in [3.63, 3.8) is 0 Å². The van der Waals surface area contributed by atoms with Crippen molar-refractivity contribution in [3.05, 3.63) is 29.6 Å². The monoisotopic (exact) mass is 281 g/mol. The lowest BCUT2D eigenvalue weighted by Crippen LogP contribution is -2.40. The van der Waals surface area contributed by atoms with Crippen LogP contribution in [0.5, 0.6) is 0 Å². The number of nitrogens with one attached hydrogen (secondary N) is 1. The molecule has 1 aromatic rings. The Labute approximate surface area is 117 Å². The molecule has 1 heterocycles. The topological polar surface area (TPSA) is 115 Å². The number of nitrogens with zero attached hydrogens (tertiary/aromatic N) is 1. The molecule has 1 aromatic heterocycles.